The minimum Gasteiger partial charge on any atom is -0.458 e. The van der Waals surface area contributed by atoms with Crippen molar-refractivity contribution < 1.29 is 29.3 Å². The second-order valence-corrected chi connectivity index (χ2v) is 11.2. The summed E-state index contributed by atoms with van der Waals surface area (Å²) in [5.74, 6) is -0.300. The standard InChI is InChI=1S/C26H38O6/c1-4-5-6-22(30)32-15-21(29)26(31)12-10-19-18-8-7-16-13-17(27)9-11-24(16,2)23(18)20(28)14-25(19,26)3/h13,18-20,23,28,31H,4-12,14-15H2,1-3H3/t18?,19?,20-,23?,24+,25+,26+/m1/s1. The number of esters is 1. The molecule has 0 aliphatic heterocycles. The second kappa shape index (κ2) is 8.35. The summed E-state index contributed by atoms with van der Waals surface area (Å²) >= 11 is 0. The van der Waals surface area contributed by atoms with Crippen LogP contribution in [0.5, 0.6) is 0 Å². The molecule has 3 fully saturated rings. The van der Waals surface area contributed by atoms with Gasteiger partial charge in [0.15, 0.2) is 12.4 Å². The monoisotopic (exact) mass is 446 g/mol. The van der Waals surface area contributed by atoms with E-state index < -0.39 is 35.5 Å². The lowest BCUT2D eigenvalue weighted by molar-refractivity contribution is -0.184. The predicted molar refractivity (Wildman–Crippen MR) is 119 cm³/mol. The zero-order chi connectivity index (χ0) is 23.3. The molecule has 2 N–H and O–H groups in total. The molecular formula is C26H38O6. The number of rotatable bonds is 6. The average Bonchev–Trinajstić information content (AvgIpc) is 3.02. The van der Waals surface area contributed by atoms with Crippen molar-refractivity contribution in [1.82, 2.24) is 0 Å². The number of hydrogen-bond acceptors (Lipinski definition) is 6. The van der Waals surface area contributed by atoms with E-state index in [1.807, 2.05) is 19.9 Å². The third-order valence-corrected chi connectivity index (χ3v) is 9.61. The third kappa shape index (κ3) is 3.49. The summed E-state index contributed by atoms with van der Waals surface area (Å²) in [6, 6.07) is 0. The van der Waals surface area contributed by atoms with E-state index in [0.717, 1.165) is 32.1 Å². The molecule has 4 aliphatic rings. The summed E-state index contributed by atoms with van der Waals surface area (Å²) < 4.78 is 5.19. The van der Waals surface area contributed by atoms with Gasteiger partial charge in [0.1, 0.15) is 5.60 Å². The number of aliphatic hydroxyl groups is 2. The molecule has 178 valence electrons. The molecule has 0 aromatic carbocycles. The van der Waals surface area contributed by atoms with Crippen molar-refractivity contribution in [3.8, 4) is 0 Å². The van der Waals surface area contributed by atoms with E-state index in [4.69, 9.17) is 4.74 Å². The molecular weight excluding hydrogens is 408 g/mol. The second-order valence-electron chi connectivity index (χ2n) is 11.2. The molecule has 0 heterocycles. The average molecular weight is 447 g/mol. The number of carbonyl (C=O) groups is 3. The summed E-state index contributed by atoms with van der Waals surface area (Å²) in [6.45, 7) is 5.71. The van der Waals surface area contributed by atoms with Crippen molar-refractivity contribution in [1.29, 1.82) is 0 Å². The summed E-state index contributed by atoms with van der Waals surface area (Å²) in [7, 11) is 0. The number of fused-ring (bicyclic) bond motifs is 5. The van der Waals surface area contributed by atoms with Crippen molar-refractivity contribution >= 4 is 17.5 Å². The summed E-state index contributed by atoms with van der Waals surface area (Å²) in [4.78, 5) is 37.1. The Labute approximate surface area is 190 Å². The van der Waals surface area contributed by atoms with Gasteiger partial charge < -0.3 is 14.9 Å². The van der Waals surface area contributed by atoms with Crippen LogP contribution in [-0.2, 0) is 19.1 Å². The van der Waals surface area contributed by atoms with E-state index in [1.165, 1.54) is 5.57 Å². The summed E-state index contributed by atoms with van der Waals surface area (Å²) in [6.07, 6.45) is 7.43. The zero-order valence-electron chi connectivity index (χ0n) is 19.7. The maximum atomic E-state index is 13.1. The molecule has 7 atom stereocenters. The van der Waals surface area contributed by atoms with E-state index in [2.05, 4.69) is 6.92 Å². The lowest BCUT2D eigenvalue weighted by atomic mass is 9.45. The van der Waals surface area contributed by atoms with Crippen molar-refractivity contribution in [2.75, 3.05) is 6.61 Å². The molecule has 0 saturated heterocycles. The van der Waals surface area contributed by atoms with Gasteiger partial charge in [-0.15, -0.1) is 0 Å². The minimum atomic E-state index is -1.59. The molecule has 6 nitrogen and oxygen atoms in total. The molecule has 3 saturated carbocycles. The highest BCUT2D eigenvalue weighted by Gasteiger charge is 2.68. The Bertz CT molecular complexity index is 832. The summed E-state index contributed by atoms with van der Waals surface area (Å²) in [5, 5.41) is 23.0. The van der Waals surface area contributed by atoms with Crippen LogP contribution in [0.25, 0.3) is 0 Å². The van der Waals surface area contributed by atoms with Crippen LogP contribution >= 0.6 is 0 Å². The van der Waals surface area contributed by atoms with E-state index in [1.54, 1.807) is 0 Å². The van der Waals surface area contributed by atoms with Gasteiger partial charge >= 0.3 is 5.97 Å². The summed E-state index contributed by atoms with van der Waals surface area (Å²) in [5.41, 5.74) is -1.37. The van der Waals surface area contributed by atoms with Crippen LogP contribution in [0.1, 0.15) is 85.0 Å². The number of ether oxygens (including phenoxy) is 1. The van der Waals surface area contributed by atoms with Gasteiger partial charge in [0.05, 0.1) is 6.10 Å². The Balaban J connectivity index is 1.55. The fraction of sp³-hybridized carbons (Fsp3) is 0.808. The first kappa shape index (κ1) is 23.6. The van der Waals surface area contributed by atoms with Gasteiger partial charge in [-0.05, 0) is 74.2 Å². The fourth-order valence-corrected chi connectivity index (χ4v) is 7.81. The minimum absolute atomic E-state index is 0.0398. The van der Waals surface area contributed by atoms with E-state index in [9.17, 15) is 24.6 Å². The topological polar surface area (TPSA) is 101 Å². The third-order valence-electron chi connectivity index (χ3n) is 9.61. The zero-order valence-corrected chi connectivity index (χ0v) is 19.7. The van der Waals surface area contributed by atoms with E-state index >= 15 is 0 Å². The first-order valence-electron chi connectivity index (χ1n) is 12.4. The quantitative estimate of drug-likeness (QED) is 0.606. The van der Waals surface area contributed by atoms with Gasteiger partial charge in [0, 0.05) is 18.3 Å². The maximum absolute atomic E-state index is 13.1. The number of aliphatic hydroxyl groups excluding tert-OH is 1. The molecule has 0 radical (unpaired) electrons. The van der Waals surface area contributed by atoms with Crippen LogP contribution in [0.4, 0.5) is 0 Å². The van der Waals surface area contributed by atoms with Crippen molar-refractivity contribution in [3.05, 3.63) is 11.6 Å². The van der Waals surface area contributed by atoms with Crippen molar-refractivity contribution in [2.24, 2.45) is 28.6 Å². The van der Waals surface area contributed by atoms with Crippen LogP contribution in [-0.4, -0.2) is 46.1 Å². The number of hydrogen-bond donors (Lipinski definition) is 2. The van der Waals surface area contributed by atoms with Gasteiger partial charge in [-0.1, -0.05) is 32.8 Å². The highest BCUT2D eigenvalue weighted by molar-refractivity contribution is 5.92. The molecule has 0 amide bonds. The van der Waals surface area contributed by atoms with Gasteiger partial charge in [-0.25, -0.2) is 0 Å². The maximum Gasteiger partial charge on any atom is 0.306 e. The van der Waals surface area contributed by atoms with Crippen molar-refractivity contribution in [2.45, 2.75) is 96.7 Å². The largest absolute Gasteiger partial charge is 0.458 e. The Hall–Kier alpha value is -1.53. The highest BCUT2D eigenvalue weighted by Crippen LogP contribution is 2.67. The number of carbonyl (C=O) groups excluding carboxylic acids is 3. The fourth-order valence-electron chi connectivity index (χ4n) is 7.81. The van der Waals surface area contributed by atoms with Gasteiger partial charge in [0.2, 0.25) is 5.78 Å². The Morgan fingerprint density at radius 1 is 1.19 bits per heavy atom. The molecule has 0 bridgehead atoms. The van der Waals surface area contributed by atoms with Crippen LogP contribution in [0, 0.1) is 28.6 Å². The lowest BCUT2D eigenvalue weighted by Crippen LogP contribution is -2.62. The molecule has 4 rings (SSSR count). The van der Waals surface area contributed by atoms with Gasteiger partial charge in [0.25, 0.3) is 0 Å². The SMILES string of the molecule is CCCCC(=O)OCC(=O)[C@@]1(O)CCC2C3CCC4=CC(=O)CC[C@]4(C)C3[C@H](O)C[C@@]21C. The number of unbranched alkanes of at least 4 members (excludes halogenated alkanes) is 1. The van der Waals surface area contributed by atoms with E-state index in [-0.39, 0.29) is 35.4 Å². The Kier molecular flexibility index (Phi) is 6.17. The Morgan fingerprint density at radius 2 is 1.94 bits per heavy atom. The molecule has 0 aromatic heterocycles. The van der Waals surface area contributed by atoms with Crippen LogP contribution in [0.2, 0.25) is 0 Å². The van der Waals surface area contributed by atoms with Crippen LogP contribution in [0.15, 0.2) is 11.6 Å². The molecule has 3 unspecified atom stereocenters. The number of ketones is 2. The van der Waals surface area contributed by atoms with Crippen molar-refractivity contribution in [3.63, 3.8) is 0 Å². The molecule has 32 heavy (non-hydrogen) atoms. The predicted octanol–water partition coefficient (Wildman–Crippen LogP) is 3.52. The smallest absolute Gasteiger partial charge is 0.306 e. The lowest BCUT2D eigenvalue weighted by Gasteiger charge is -2.60. The van der Waals surface area contributed by atoms with Crippen LogP contribution < -0.4 is 0 Å². The Morgan fingerprint density at radius 3 is 2.66 bits per heavy atom. The van der Waals surface area contributed by atoms with Crippen LogP contribution in [0.3, 0.4) is 0 Å². The molecule has 0 aromatic rings. The van der Waals surface area contributed by atoms with Gasteiger partial charge in [-0.2, -0.15) is 0 Å². The number of Topliss-reactive ketones (excluding diaryl/α,β-unsaturated/α-hetero) is 1. The normalized spacial score (nSPS) is 43.0. The molecule has 0 spiro atoms. The van der Waals surface area contributed by atoms with Gasteiger partial charge in [-0.3, -0.25) is 14.4 Å². The van der Waals surface area contributed by atoms with E-state index in [0.29, 0.717) is 25.7 Å². The first-order valence-corrected chi connectivity index (χ1v) is 12.4. The first-order chi connectivity index (χ1) is 15.1. The molecule has 4 aliphatic carbocycles. The molecule has 6 heteroatoms. The highest BCUT2D eigenvalue weighted by atomic mass is 16.5. The number of allylic oxidation sites excluding steroid dienone is 1.